The molecule has 0 bridgehead atoms. The first-order valence-corrected chi connectivity index (χ1v) is 7.69. The van der Waals surface area contributed by atoms with Gasteiger partial charge in [0, 0.05) is 30.3 Å². The van der Waals surface area contributed by atoms with E-state index >= 15 is 0 Å². The lowest BCUT2D eigenvalue weighted by Gasteiger charge is -2.10. The molecule has 1 aromatic heterocycles. The molecule has 1 N–H and O–H groups in total. The highest BCUT2D eigenvalue weighted by atomic mass is 16.5. The number of anilines is 1. The minimum atomic E-state index is -0.302. The predicted octanol–water partition coefficient (Wildman–Crippen LogP) is 3.57. The van der Waals surface area contributed by atoms with Gasteiger partial charge in [0.2, 0.25) is 5.91 Å². The van der Waals surface area contributed by atoms with Gasteiger partial charge in [-0.05, 0) is 18.2 Å². The number of carbonyl (C=O) groups is 2. The van der Waals surface area contributed by atoms with Crippen LogP contribution in [0.15, 0.2) is 48.7 Å². The maximum atomic E-state index is 12.7. The number of hydrogen-bond acceptors (Lipinski definition) is 4. The maximum Gasteiger partial charge on any atom is 0.257 e. The summed E-state index contributed by atoms with van der Waals surface area (Å²) in [4.78, 5) is 24.5. The first-order chi connectivity index (χ1) is 12.0. The quantitative estimate of drug-likeness (QED) is 0.789. The first kappa shape index (κ1) is 16.6. The maximum absolute atomic E-state index is 12.7. The number of para-hydroxylation sites is 1. The number of benzene rings is 2. The molecule has 2 aromatic carbocycles. The number of nitrogens with zero attached hydrogens (tertiary/aromatic N) is 1. The van der Waals surface area contributed by atoms with E-state index in [2.05, 4.69) is 5.32 Å². The number of aromatic nitrogens is 1. The second-order valence-electron chi connectivity index (χ2n) is 5.47. The Hall–Kier alpha value is -3.28. The summed E-state index contributed by atoms with van der Waals surface area (Å²) in [5.74, 6) is 0.643. The van der Waals surface area contributed by atoms with Crippen LogP contribution in [0.2, 0.25) is 0 Å². The van der Waals surface area contributed by atoms with Crippen molar-refractivity contribution in [3.05, 3.63) is 54.2 Å². The van der Waals surface area contributed by atoms with Crippen LogP contribution in [0, 0.1) is 0 Å². The Morgan fingerprint density at radius 2 is 1.72 bits per heavy atom. The third-order valence-corrected chi connectivity index (χ3v) is 3.94. The van der Waals surface area contributed by atoms with E-state index in [0.29, 0.717) is 28.3 Å². The zero-order valence-corrected chi connectivity index (χ0v) is 14.2. The van der Waals surface area contributed by atoms with Gasteiger partial charge in [0.25, 0.3) is 5.91 Å². The summed E-state index contributed by atoms with van der Waals surface area (Å²) in [6.45, 7) is 1.46. The molecule has 6 nitrogen and oxygen atoms in total. The minimum absolute atomic E-state index is 0.152. The second kappa shape index (κ2) is 6.68. The summed E-state index contributed by atoms with van der Waals surface area (Å²) >= 11 is 0. The van der Waals surface area contributed by atoms with Crippen molar-refractivity contribution in [2.45, 2.75) is 6.92 Å². The Morgan fingerprint density at radius 1 is 1.00 bits per heavy atom. The largest absolute Gasteiger partial charge is 0.493 e. The third-order valence-electron chi connectivity index (χ3n) is 3.94. The van der Waals surface area contributed by atoms with Crippen molar-refractivity contribution in [1.82, 2.24) is 4.57 Å². The lowest BCUT2D eigenvalue weighted by atomic mass is 10.1. The van der Waals surface area contributed by atoms with Gasteiger partial charge in [-0.3, -0.25) is 14.2 Å². The summed E-state index contributed by atoms with van der Waals surface area (Å²) in [6.07, 6.45) is 1.56. The van der Waals surface area contributed by atoms with Crippen molar-refractivity contribution >= 4 is 28.4 Å². The number of methoxy groups -OCH3 is 2. The van der Waals surface area contributed by atoms with E-state index in [1.54, 1.807) is 31.5 Å². The zero-order chi connectivity index (χ0) is 18.0. The van der Waals surface area contributed by atoms with Crippen LogP contribution in [-0.4, -0.2) is 30.6 Å². The van der Waals surface area contributed by atoms with Crippen molar-refractivity contribution in [1.29, 1.82) is 0 Å². The molecule has 1 amide bonds. The highest BCUT2D eigenvalue weighted by Crippen LogP contribution is 2.30. The van der Waals surface area contributed by atoms with Crippen molar-refractivity contribution in [3.63, 3.8) is 0 Å². The summed E-state index contributed by atoms with van der Waals surface area (Å²) in [7, 11) is 3.08. The van der Waals surface area contributed by atoms with Crippen LogP contribution >= 0.6 is 0 Å². The van der Waals surface area contributed by atoms with Crippen LogP contribution < -0.4 is 14.8 Å². The summed E-state index contributed by atoms with van der Waals surface area (Å²) in [5.41, 5.74) is 1.70. The van der Waals surface area contributed by atoms with Crippen molar-refractivity contribution in [3.8, 4) is 11.5 Å². The number of nitrogens with one attached hydrogen (secondary N) is 1. The number of amides is 1. The monoisotopic (exact) mass is 338 g/mol. The molecule has 0 spiro atoms. The van der Waals surface area contributed by atoms with Gasteiger partial charge in [0.15, 0.2) is 11.5 Å². The number of fused-ring (bicyclic) bond motifs is 1. The smallest absolute Gasteiger partial charge is 0.257 e. The van der Waals surface area contributed by atoms with Crippen LogP contribution in [0.5, 0.6) is 11.5 Å². The molecule has 3 aromatic rings. The molecular weight excluding hydrogens is 320 g/mol. The van der Waals surface area contributed by atoms with Crippen molar-refractivity contribution in [2.24, 2.45) is 0 Å². The highest BCUT2D eigenvalue weighted by Gasteiger charge is 2.17. The standard InChI is InChI=1S/C19H18N2O4/c1-12(22)21-11-15(14-6-4-5-7-16(14)21)19(23)20-13-8-9-17(24-2)18(10-13)25-3/h4-11H,1-3H3,(H,20,23). The van der Waals surface area contributed by atoms with E-state index in [4.69, 9.17) is 9.47 Å². The van der Waals surface area contributed by atoms with E-state index in [1.807, 2.05) is 24.3 Å². The molecule has 128 valence electrons. The Bertz CT molecular complexity index is 959. The second-order valence-corrected chi connectivity index (χ2v) is 5.47. The summed E-state index contributed by atoms with van der Waals surface area (Å²) in [5, 5.41) is 3.55. The molecule has 0 aliphatic rings. The fourth-order valence-electron chi connectivity index (χ4n) is 2.73. The fraction of sp³-hybridized carbons (Fsp3) is 0.158. The van der Waals surface area contributed by atoms with Crippen LogP contribution in [0.1, 0.15) is 22.1 Å². The highest BCUT2D eigenvalue weighted by molar-refractivity contribution is 6.14. The number of ether oxygens (including phenoxy) is 2. The predicted molar refractivity (Wildman–Crippen MR) is 95.7 cm³/mol. The Kier molecular flexibility index (Phi) is 4.43. The topological polar surface area (TPSA) is 69.6 Å². The number of hydrogen-bond donors (Lipinski definition) is 1. The van der Waals surface area contributed by atoms with E-state index < -0.39 is 0 Å². The molecule has 0 fully saturated rings. The molecule has 0 saturated carbocycles. The van der Waals surface area contributed by atoms with E-state index in [0.717, 1.165) is 5.39 Å². The lowest BCUT2D eigenvalue weighted by Crippen LogP contribution is -2.12. The van der Waals surface area contributed by atoms with E-state index in [-0.39, 0.29) is 11.8 Å². The van der Waals surface area contributed by atoms with Gasteiger partial charge < -0.3 is 14.8 Å². The average molecular weight is 338 g/mol. The normalized spacial score (nSPS) is 10.5. The summed E-state index contributed by atoms with van der Waals surface area (Å²) < 4.78 is 11.9. The van der Waals surface area contributed by atoms with Gasteiger partial charge in [-0.2, -0.15) is 0 Å². The summed E-state index contributed by atoms with van der Waals surface area (Å²) in [6, 6.07) is 12.4. The fourth-order valence-corrected chi connectivity index (χ4v) is 2.73. The molecule has 25 heavy (non-hydrogen) atoms. The Balaban J connectivity index is 1.97. The van der Waals surface area contributed by atoms with Gasteiger partial charge in [0.05, 0.1) is 25.3 Å². The SMILES string of the molecule is COc1ccc(NC(=O)c2cn(C(C)=O)c3ccccc23)cc1OC. The van der Waals surface area contributed by atoms with Crippen LogP contribution in [0.3, 0.4) is 0 Å². The van der Waals surface area contributed by atoms with Gasteiger partial charge in [-0.15, -0.1) is 0 Å². The average Bonchev–Trinajstić information content (AvgIpc) is 3.01. The number of carbonyl (C=O) groups excluding carboxylic acids is 2. The Morgan fingerprint density at radius 3 is 2.40 bits per heavy atom. The molecular formula is C19H18N2O4. The molecule has 0 aliphatic heterocycles. The molecule has 0 aliphatic carbocycles. The Labute approximate surface area is 145 Å². The van der Waals surface area contributed by atoms with Gasteiger partial charge in [0.1, 0.15) is 0 Å². The van der Waals surface area contributed by atoms with Crippen molar-refractivity contribution in [2.75, 3.05) is 19.5 Å². The van der Waals surface area contributed by atoms with E-state index in [1.165, 1.54) is 18.6 Å². The zero-order valence-electron chi connectivity index (χ0n) is 14.2. The van der Waals surface area contributed by atoms with E-state index in [9.17, 15) is 9.59 Å². The molecule has 0 atom stereocenters. The van der Waals surface area contributed by atoms with Crippen LogP contribution in [-0.2, 0) is 0 Å². The minimum Gasteiger partial charge on any atom is -0.493 e. The molecule has 6 heteroatoms. The van der Waals surface area contributed by atoms with Gasteiger partial charge in [-0.1, -0.05) is 18.2 Å². The lowest BCUT2D eigenvalue weighted by molar-refractivity contribution is 0.0941. The third kappa shape index (κ3) is 3.06. The van der Waals surface area contributed by atoms with Crippen molar-refractivity contribution < 1.29 is 19.1 Å². The molecule has 0 unspecified atom stereocenters. The first-order valence-electron chi connectivity index (χ1n) is 7.69. The molecule has 3 rings (SSSR count). The van der Waals surface area contributed by atoms with Gasteiger partial charge >= 0.3 is 0 Å². The number of rotatable bonds is 4. The molecule has 0 radical (unpaired) electrons. The van der Waals surface area contributed by atoms with Crippen LogP contribution in [0.25, 0.3) is 10.9 Å². The molecule has 0 saturated heterocycles. The molecule has 1 heterocycles. The van der Waals surface area contributed by atoms with Crippen LogP contribution in [0.4, 0.5) is 5.69 Å². The van der Waals surface area contributed by atoms with Gasteiger partial charge in [-0.25, -0.2) is 0 Å².